The van der Waals surface area contributed by atoms with Crippen LogP contribution in [0.5, 0.6) is 5.88 Å². The first-order valence-corrected chi connectivity index (χ1v) is 6.75. The maximum Gasteiger partial charge on any atom is 0.254 e. The lowest BCUT2D eigenvalue weighted by Crippen LogP contribution is -2.15. The van der Waals surface area contributed by atoms with E-state index in [-0.39, 0.29) is 18.4 Å². The summed E-state index contributed by atoms with van der Waals surface area (Å²) in [6, 6.07) is 0. The third kappa shape index (κ3) is 3.44. The first kappa shape index (κ1) is 13.8. The fraction of sp³-hybridized carbons (Fsp3) is 0.600. The van der Waals surface area contributed by atoms with Gasteiger partial charge in [-0.25, -0.2) is 4.98 Å². The molecule has 3 nitrogen and oxygen atoms in total. The number of halogens is 1. The minimum atomic E-state index is -0.417. The number of aromatic nitrogens is 2. The molecule has 2 atom stereocenters. The summed E-state index contributed by atoms with van der Waals surface area (Å²) >= 11 is 0. The van der Waals surface area contributed by atoms with Crippen molar-refractivity contribution in [2.24, 2.45) is 5.92 Å². The molecule has 1 aliphatic carbocycles. The summed E-state index contributed by atoms with van der Waals surface area (Å²) in [5.41, 5.74) is 0.501. The Morgan fingerprint density at radius 1 is 1.42 bits per heavy atom. The smallest absolute Gasteiger partial charge is 0.254 e. The van der Waals surface area contributed by atoms with Gasteiger partial charge in [0.15, 0.2) is 6.61 Å². The third-order valence-corrected chi connectivity index (χ3v) is 3.57. The van der Waals surface area contributed by atoms with Gasteiger partial charge in [0, 0.05) is 5.92 Å². The van der Waals surface area contributed by atoms with Crippen molar-refractivity contribution in [3.05, 3.63) is 17.8 Å². The van der Waals surface area contributed by atoms with Gasteiger partial charge in [-0.2, -0.15) is 9.37 Å². The molecule has 0 amide bonds. The van der Waals surface area contributed by atoms with Crippen molar-refractivity contribution in [1.29, 1.82) is 0 Å². The van der Waals surface area contributed by atoms with E-state index in [1.54, 1.807) is 6.92 Å². The second-order valence-corrected chi connectivity index (χ2v) is 5.06. The van der Waals surface area contributed by atoms with Crippen LogP contribution in [0, 0.1) is 23.6 Å². The first-order chi connectivity index (χ1) is 9.22. The Morgan fingerprint density at radius 3 is 3.00 bits per heavy atom. The standard InChI is InChI=1S/C15H19FN2O/c1-3-4-8-19-15-13(16)14(17-10-18-15)12-7-5-6-11(2)9-12/h10-12H,5-9H2,1-2H3. The first-order valence-electron chi connectivity index (χ1n) is 6.75. The Morgan fingerprint density at radius 2 is 2.26 bits per heavy atom. The lowest BCUT2D eigenvalue weighted by atomic mass is 9.80. The highest BCUT2D eigenvalue weighted by atomic mass is 19.1. The van der Waals surface area contributed by atoms with Crippen LogP contribution in [0.1, 0.15) is 51.1 Å². The Hall–Kier alpha value is -1.63. The van der Waals surface area contributed by atoms with Gasteiger partial charge in [0.25, 0.3) is 5.88 Å². The number of rotatable bonds is 3. The molecule has 1 fully saturated rings. The van der Waals surface area contributed by atoms with Gasteiger partial charge in [-0.1, -0.05) is 25.7 Å². The van der Waals surface area contributed by atoms with Gasteiger partial charge in [-0.3, -0.25) is 0 Å². The van der Waals surface area contributed by atoms with Crippen LogP contribution >= 0.6 is 0 Å². The van der Waals surface area contributed by atoms with Crippen LogP contribution in [0.15, 0.2) is 6.33 Å². The van der Waals surface area contributed by atoms with Crippen molar-refractivity contribution < 1.29 is 9.13 Å². The average molecular weight is 262 g/mol. The number of ether oxygens (including phenoxy) is 1. The van der Waals surface area contributed by atoms with Gasteiger partial charge in [0.2, 0.25) is 5.82 Å². The molecule has 0 N–H and O–H groups in total. The highest BCUT2D eigenvalue weighted by Crippen LogP contribution is 2.37. The molecule has 0 spiro atoms. The zero-order valence-corrected chi connectivity index (χ0v) is 11.4. The van der Waals surface area contributed by atoms with E-state index in [0.717, 1.165) is 19.3 Å². The predicted molar refractivity (Wildman–Crippen MR) is 71.3 cm³/mol. The summed E-state index contributed by atoms with van der Waals surface area (Å²) < 4.78 is 19.5. The zero-order valence-electron chi connectivity index (χ0n) is 11.4. The van der Waals surface area contributed by atoms with E-state index in [0.29, 0.717) is 11.6 Å². The SMILES string of the molecule is CC#CCOc1ncnc(C2CCCC(C)C2)c1F. The van der Waals surface area contributed by atoms with Gasteiger partial charge in [-0.05, 0) is 25.7 Å². The molecule has 1 aliphatic rings. The van der Waals surface area contributed by atoms with E-state index in [2.05, 4.69) is 28.7 Å². The predicted octanol–water partition coefficient (Wildman–Crippen LogP) is 3.31. The molecule has 102 valence electrons. The van der Waals surface area contributed by atoms with E-state index in [1.165, 1.54) is 12.7 Å². The monoisotopic (exact) mass is 262 g/mol. The lowest BCUT2D eigenvalue weighted by molar-refractivity contribution is 0.309. The Balaban J connectivity index is 2.15. The molecule has 1 saturated carbocycles. The molecule has 19 heavy (non-hydrogen) atoms. The number of hydrogen-bond acceptors (Lipinski definition) is 3. The maximum atomic E-state index is 14.3. The van der Waals surface area contributed by atoms with Crippen molar-refractivity contribution in [3.8, 4) is 17.7 Å². The molecule has 2 rings (SSSR count). The van der Waals surface area contributed by atoms with Crippen LogP contribution in [0.25, 0.3) is 0 Å². The van der Waals surface area contributed by atoms with Crippen molar-refractivity contribution in [1.82, 2.24) is 9.97 Å². The highest BCUT2D eigenvalue weighted by molar-refractivity contribution is 5.21. The van der Waals surface area contributed by atoms with E-state index < -0.39 is 5.82 Å². The molecule has 1 aromatic heterocycles. The molecule has 4 heteroatoms. The molecule has 2 unspecified atom stereocenters. The van der Waals surface area contributed by atoms with Gasteiger partial charge in [-0.15, -0.1) is 5.92 Å². The van der Waals surface area contributed by atoms with Gasteiger partial charge >= 0.3 is 0 Å². The normalized spacial score (nSPS) is 22.5. The molecule has 0 aliphatic heterocycles. The molecular formula is C15H19FN2O. The topological polar surface area (TPSA) is 35.0 Å². The number of hydrogen-bond donors (Lipinski definition) is 0. The number of nitrogens with zero attached hydrogens (tertiary/aromatic N) is 2. The van der Waals surface area contributed by atoms with Crippen LogP contribution < -0.4 is 4.74 Å². The van der Waals surface area contributed by atoms with Gasteiger partial charge in [0.05, 0.1) is 5.69 Å². The largest absolute Gasteiger partial charge is 0.462 e. The second kappa shape index (κ2) is 6.51. The second-order valence-electron chi connectivity index (χ2n) is 5.06. The fourth-order valence-corrected chi connectivity index (χ4v) is 2.61. The maximum absolute atomic E-state index is 14.3. The summed E-state index contributed by atoms with van der Waals surface area (Å²) in [4.78, 5) is 7.97. The Bertz CT molecular complexity index is 493. The fourth-order valence-electron chi connectivity index (χ4n) is 2.61. The van der Waals surface area contributed by atoms with Crippen molar-refractivity contribution >= 4 is 0 Å². The molecule has 0 aromatic carbocycles. The molecule has 0 radical (unpaired) electrons. The van der Waals surface area contributed by atoms with E-state index in [4.69, 9.17) is 4.74 Å². The minimum absolute atomic E-state index is 0.0194. The van der Waals surface area contributed by atoms with Crippen LogP contribution in [0.4, 0.5) is 4.39 Å². The summed E-state index contributed by atoms with van der Waals surface area (Å²) in [7, 11) is 0. The molecule has 1 heterocycles. The summed E-state index contributed by atoms with van der Waals surface area (Å²) in [5, 5.41) is 0. The highest BCUT2D eigenvalue weighted by Gasteiger charge is 2.26. The van der Waals surface area contributed by atoms with E-state index in [1.807, 2.05) is 0 Å². The zero-order chi connectivity index (χ0) is 13.7. The Kier molecular flexibility index (Phi) is 4.73. The van der Waals surface area contributed by atoms with Crippen LogP contribution in [-0.2, 0) is 0 Å². The molecule has 1 aromatic rings. The quantitative estimate of drug-likeness (QED) is 0.784. The third-order valence-electron chi connectivity index (χ3n) is 3.57. The minimum Gasteiger partial charge on any atom is -0.462 e. The van der Waals surface area contributed by atoms with Crippen molar-refractivity contribution in [2.45, 2.75) is 45.4 Å². The molecular weight excluding hydrogens is 243 g/mol. The summed E-state index contributed by atoms with van der Waals surface area (Å²) in [6.45, 7) is 4.08. The van der Waals surface area contributed by atoms with Crippen LogP contribution in [0.3, 0.4) is 0 Å². The summed E-state index contributed by atoms with van der Waals surface area (Å²) in [6.07, 6.45) is 5.71. The Labute approximate surface area is 113 Å². The lowest BCUT2D eigenvalue weighted by Gasteiger charge is -2.26. The molecule has 0 saturated heterocycles. The molecule has 0 bridgehead atoms. The van der Waals surface area contributed by atoms with Gasteiger partial charge < -0.3 is 4.74 Å². The van der Waals surface area contributed by atoms with E-state index in [9.17, 15) is 4.39 Å². The van der Waals surface area contributed by atoms with Crippen LogP contribution in [0.2, 0.25) is 0 Å². The van der Waals surface area contributed by atoms with Crippen molar-refractivity contribution in [3.63, 3.8) is 0 Å². The van der Waals surface area contributed by atoms with Crippen molar-refractivity contribution in [2.75, 3.05) is 6.61 Å². The summed E-state index contributed by atoms with van der Waals surface area (Å²) in [5.74, 6) is 5.85. The van der Waals surface area contributed by atoms with E-state index >= 15 is 0 Å². The average Bonchev–Trinajstić information content (AvgIpc) is 2.41. The van der Waals surface area contributed by atoms with Crippen LogP contribution in [-0.4, -0.2) is 16.6 Å². The van der Waals surface area contributed by atoms with Gasteiger partial charge in [0.1, 0.15) is 6.33 Å².